The van der Waals surface area contributed by atoms with E-state index in [4.69, 9.17) is 0 Å². The largest absolute Gasteiger partial charge is 0.293 e. The van der Waals surface area contributed by atoms with Crippen LogP contribution in [0.25, 0.3) is 0 Å². The number of hydrogen-bond donors (Lipinski definition) is 0. The minimum atomic E-state index is 0.782. The topological polar surface area (TPSA) is 3.24 Å². The second-order valence-corrected chi connectivity index (χ2v) is 2.91. The fraction of sp³-hybridized carbons (Fsp3) is 0.714. The summed E-state index contributed by atoms with van der Waals surface area (Å²) in [5.41, 5.74) is 1.67. The second-order valence-electron chi connectivity index (χ2n) is 2.91. The first-order valence-electron chi connectivity index (χ1n) is 3.21. The van der Waals surface area contributed by atoms with Crippen LogP contribution in [0.15, 0.2) is 11.6 Å². The molecule has 1 aliphatic heterocycles. The quantitative estimate of drug-likeness (QED) is 0.420. The SMILES string of the molecule is C[C@@H]1CC2=C[C@H]2N1C. The Balaban J connectivity index is 2.15. The van der Waals surface area contributed by atoms with E-state index >= 15 is 0 Å². The minimum absolute atomic E-state index is 0.782. The van der Waals surface area contributed by atoms with E-state index in [2.05, 4.69) is 24.9 Å². The monoisotopic (exact) mass is 109 g/mol. The van der Waals surface area contributed by atoms with E-state index in [1.807, 2.05) is 0 Å². The minimum Gasteiger partial charge on any atom is -0.293 e. The Hall–Kier alpha value is -0.300. The first-order chi connectivity index (χ1) is 3.79. The van der Waals surface area contributed by atoms with Gasteiger partial charge >= 0.3 is 0 Å². The second kappa shape index (κ2) is 1.16. The van der Waals surface area contributed by atoms with Crippen molar-refractivity contribution in [2.75, 3.05) is 7.05 Å². The van der Waals surface area contributed by atoms with Crippen LogP contribution in [0.1, 0.15) is 13.3 Å². The summed E-state index contributed by atoms with van der Waals surface area (Å²) in [7, 11) is 2.20. The Bertz CT molecular complexity index is 148. The molecule has 0 unspecified atom stereocenters. The van der Waals surface area contributed by atoms with E-state index in [0.29, 0.717) is 0 Å². The Morgan fingerprint density at radius 3 is 2.75 bits per heavy atom. The molecule has 0 N–H and O–H groups in total. The zero-order valence-corrected chi connectivity index (χ0v) is 5.39. The molecule has 2 aliphatic rings. The van der Waals surface area contributed by atoms with Crippen LogP contribution in [0.5, 0.6) is 0 Å². The molecule has 0 aromatic heterocycles. The van der Waals surface area contributed by atoms with Gasteiger partial charge in [0.2, 0.25) is 0 Å². The van der Waals surface area contributed by atoms with Crippen LogP contribution in [-0.2, 0) is 0 Å². The van der Waals surface area contributed by atoms with Crippen molar-refractivity contribution < 1.29 is 0 Å². The highest BCUT2D eigenvalue weighted by Crippen LogP contribution is 2.38. The standard InChI is InChI=1S/C7H11N/c1-5-3-6-4-7(6)8(5)2/h4-5,7H,3H2,1-2H3/t5-,7-/m1/s1. The van der Waals surface area contributed by atoms with E-state index < -0.39 is 0 Å². The van der Waals surface area contributed by atoms with E-state index in [-0.39, 0.29) is 0 Å². The maximum absolute atomic E-state index is 2.43. The van der Waals surface area contributed by atoms with Crippen LogP contribution in [0.3, 0.4) is 0 Å². The summed E-state index contributed by atoms with van der Waals surface area (Å²) in [6.07, 6.45) is 3.67. The summed E-state index contributed by atoms with van der Waals surface area (Å²) in [4.78, 5) is 2.43. The van der Waals surface area contributed by atoms with E-state index in [1.54, 1.807) is 5.57 Å². The van der Waals surface area contributed by atoms with Gasteiger partial charge in [-0.3, -0.25) is 4.90 Å². The van der Waals surface area contributed by atoms with Gasteiger partial charge in [-0.05, 0) is 26.0 Å². The molecule has 0 spiro atoms. The van der Waals surface area contributed by atoms with Gasteiger partial charge in [0, 0.05) is 12.1 Å². The molecule has 8 heavy (non-hydrogen) atoms. The van der Waals surface area contributed by atoms with Crippen molar-refractivity contribution in [3.63, 3.8) is 0 Å². The Kier molecular flexibility index (Phi) is 0.662. The molecule has 1 saturated heterocycles. The van der Waals surface area contributed by atoms with Crippen LogP contribution in [0, 0.1) is 0 Å². The number of fused-ring (bicyclic) bond motifs is 1. The molecule has 1 heteroatoms. The van der Waals surface area contributed by atoms with Gasteiger partial charge in [0.05, 0.1) is 0 Å². The molecule has 0 bridgehead atoms. The summed E-state index contributed by atoms with van der Waals surface area (Å²) in [6, 6.07) is 1.59. The number of rotatable bonds is 0. The van der Waals surface area contributed by atoms with E-state index in [1.165, 1.54) is 6.42 Å². The van der Waals surface area contributed by atoms with Crippen molar-refractivity contribution in [2.24, 2.45) is 0 Å². The maximum Gasteiger partial charge on any atom is 0.0495 e. The van der Waals surface area contributed by atoms with Gasteiger partial charge in [-0.25, -0.2) is 0 Å². The van der Waals surface area contributed by atoms with Gasteiger partial charge in [-0.15, -0.1) is 0 Å². The predicted molar refractivity (Wildman–Crippen MR) is 33.7 cm³/mol. The molecule has 1 nitrogen and oxygen atoms in total. The highest BCUT2D eigenvalue weighted by molar-refractivity contribution is 5.39. The van der Waals surface area contributed by atoms with Gasteiger partial charge in [0.25, 0.3) is 0 Å². The molecule has 1 heterocycles. The summed E-state index contributed by atoms with van der Waals surface area (Å²) >= 11 is 0. The van der Waals surface area contributed by atoms with E-state index in [9.17, 15) is 0 Å². The molecule has 1 aliphatic carbocycles. The van der Waals surface area contributed by atoms with Crippen LogP contribution in [-0.4, -0.2) is 24.0 Å². The zero-order chi connectivity index (χ0) is 5.72. The number of nitrogens with zero attached hydrogens (tertiary/aromatic N) is 1. The van der Waals surface area contributed by atoms with Crippen molar-refractivity contribution in [3.05, 3.63) is 11.6 Å². The molecular weight excluding hydrogens is 98.1 g/mol. The Morgan fingerprint density at radius 1 is 1.75 bits per heavy atom. The van der Waals surface area contributed by atoms with Crippen LogP contribution < -0.4 is 0 Å². The molecule has 0 saturated carbocycles. The lowest BCUT2D eigenvalue weighted by Gasteiger charge is -2.15. The van der Waals surface area contributed by atoms with Crippen molar-refractivity contribution in [1.82, 2.24) is 4.90 Å². The van der Waals surface area contributed by atoms with Gasteiger partial charge in [0.1, 0.15) is 0 Å². The highest BCUT2D eigenvalue weighted by atomic mass is 15.2. The molecular formula is C7H11N. The third-order valence-corrected chi connectivity index (χ3v) is 2.31. The molecule has 0 aromatic carbocycles. The van der Waals surface area contributed by atoms with Gasteiger partial charge < -0.3 is 0 Å². The lowest BCUT2D eigenvalue weighted by Crippen LogP contribution is -2.25. The fourth-order valence-electron chi connectivity index (χ4n) is 1.48. The molecule has 44 valence electrons. The molecule has 0 amide bonds. The van der Waals surface area contributed by atoms with Crippen LogP contribution in [0.4, 0.5) is 0 Å². The predicted octanol–water partition coefficient (Wildman–Crippen LogP) is 1.02. The molecule has 2 rings (SSSR count). The molecule has 0 radical (unpaired) electrons. The highest BCUT2D eigenvalue weighted by Gasteiger charge is 2.38. The third kappa shape index (κ3) is 0.402. The summed E-state index contributed by atoms with van der Waals surface area (Å²) in [5.74, 6) is 0. The van der Waals surface area contributed by atoms with Crippen LogP contribution >= 0.6 is 0 Å². The Labute approximate surface area is 50.0 Å². The number of likely N-dealkylation sites (N-methyl/N-ethyl adjacent to an activating group) is 1. The number of likely N-dealkylation sites (tertiary alicyclic amines) is 1. The summed E-state index contributed by atoms with van der Waals surface area (Å²) in [6.45, 7) is 2.28. The number of hydrogen-bond acceptors (Lipinski definition) is 1. The normalized spacial score (nSPS) is 44.0. The van der Waals surface area contributed by atoms with Crippen molar-refractivity contribution in [3.8, 4) is 0 Å². The van der Waals surface area contributed by atoms with Crippen molar-refractivity contribution >= 4 is 0 Å². The summed E-state index contributed by atoms with van der Waals surface area (Å²) in [5, 5.41) is 0. The average molecular weight is 109 g/mol. The van der Waals surface area contributed by atoms with Gasteiger partial charge in [-0.1, -0.05) is 6.08 Å². The lowest BCUT2D eigenvalue weighted by atomic mass is 10.2. The summed E-state index contributed by atoms with van der Waals surface area (Å²) < 4.78 is 0. The maximum atomic E-state index is 2.43. The third-order valence-electron chi connectivity index (χ3n) is 2.31. The first-order valence-corrected chi connectivity index (χ1v) is 3.21. The Morgan fingerprint density at radius 2 is 2.50 bits per heavy atom. The first kappa shape index (κ1) is 4.57. The van der Waals surface area contributed by atoms with Gasteiger partial charge in [-0.2, -0.15) is 0 Å². The van der Waals surface area contributed by atoms with E-state index in [0.717, 1.165) is 12.1 Å². The van der Waals surface area contributed by atoms with Crippen LogP contribution in [0.2, 0.25) is 0 Å². The molecule has 2 atom stereocenters. The van der Waals surface area contributed by atoms with Gasteiger partial charge in [0.15, 0.2) is 0 Å². The zero-order valence-electron chi connectivity index (χ0n) is 5.39. The lowest BCUT2D eigenvalue weighted by molar-refractivity contribution is 0.301. The smallest absolute Gasteiger partial charge is 0.0495 e. The molecule has 1 fully saturated rings. The van der Waals surface area contributed by atoms with Crippen molar-refractivity contribution in [2.45, 2.75) is 25.4 Å². The molecule has 0 aromatic rings. The van der Waals surface area contributed by atoms with Crippen molar-refractivity contribution in [1.29, 1.82) is 0 Å². The average Bonchev–Trinajstić information content (AvgIpc) is 2.39. The fourth-order valence-corrected chi connectivity index (χ4v) is 1.48.